The Morgan fingerprint density at radius 2 is 2.00 bits per heavy atom. The highest BCUT2D eigenvalue weighted by Gasteiger charge is 2.10. The van der Waals surface area contributed by atoms with Gasteiger partial charge in [-0.25, -0.2) is 0 Å². The fourth-order valence-corrected chi connectivity index (χ4v) is 1.02. The maximum absolute atomic E-state index is 10.1. The summed E-state index contributed by atoms with van der Waals surface area (Å²) >= 11 is 0. The van der Waals surface area contributed by atoms with E-state index in [1.165, 1.54) is 0 Å². The molecule has 5 nitrogen and oxygen atoms in total. The second-order valence-corrected chi connectivity index (χ2v) is 2.39. The lowest BCUT2D eigenvalue weighted by Gasteiger charge is -2.25. The van der Waals surface area contributed by atoms with Crippen LogP contribution in [0.15, 0.2) is 0 Å². The van der Waals surface area contributed by atoms with E-state index >= 15 is 0 Å². The smallest absolute Gasteiger partial charge is 0.0625 e. The van der Waals surface area contributed by atoms with Gasteiger partial charge >= 0.3 is 0 Å². The zero-order valence-corrected chi connectivity index (χ0v) is 6.72. The first-order valence-corrected chi connectivity index (χ1v) is 3.45. The highest BCUT2D eigenvalue weighted by atomic mass is 16.4. The number of aliphatic carboxylic acids is 1. The molecule has 1 aliphatic rings. The van der Waals surface area contributed by atoms with Crippen molar-refractivity contribution in [2.24, 2.45) is 0 Å². The van der Waals surface area contributed by atoms with Crippen LogP contribution in [0, 0.1) is 0 Å². The fourth-order valence-electron chi connectivity index (χ4n) is 1.02. The van der Waals surface area contributed by atoms with Crippen LogP contribution in [0.25, 0.3) is 0 Å². The number of carbonyl (C=O) groups excluding carboxylic acids is 1. The van der Waals surface area contributed by atoms with Crippen LogP contribution in [-0.2, 0) is 4.79 Å². The molecule has 66 valence electrons. The molecular formula is C6H15N3O2. The maximum Gasteiger partial charge on any atom is 0.0625 e. The van der Waals surface area contributed by atoms with Gasteiger partial charge in [0, 0.05) is 12.4 Å². The summed E-state index contributed by atoms with van der Waals surface area (Å²) in [5.74, 6) is -1.01. The van der Waals surface area contributed by atoms with Crippen molar-refractivity contribution in [1.82, 2.24) is 16.8 Å². The highest BCUT2D eigenvalue weighted by Crippen LogP contribution is 1.92. The van der Waals surface area contributed by atoms with Gasteiger partial charge < -0.3 is 26.7 Å². The summed E-state index contributed by atoms with van der Waals surface area (Å²) in [5.41, 5.74) is 0. The lowest BCUT2D eigenvalue weighted by Crippen LogP contribution is -2.50. The molecule has 0 amide bonds. The van der Waals surface area contributed by atoms with Gasteiger partial charge in [0.2, 0.25) is 0 Å². The summed E-state index contributed by atoms with van der Waals surface area (Å²) in [5, 5.41) is 16.1. The number of hydrogen-bond acceptors (Lipinski definition) is 4. The lowest BCUT2D eigenvalue weighted by atomic mass is 10.2. The van der Waals surface area contributed by atoms with Gasteiger partial charge in [0.05, 0.1) is 6.17 Å². The molecule has 11 heavy (non-hydrogen) atoms. The Bertz CT molecular complexity index is 123. The average molecular weight is 161 g/mol. The number of quaternary nitrogens is 1. The third-order valence-electron chi connectivity index (χ3n) is 1.51. The number of carbonyl (C=O) groups is 1. The summed E-state index contributed by atoms with van der Waals surface area (Å²) in [6, 6.07) is 0. The van der Waals surface area contributed by atoms with Crippen LogP contribution >= 0.6 is 0 Å². The second kappa shape index (κ2) is 5.06. The number of carboxylic acids is 1. The van der Waals surface area contributed by atoms with E-state index in [-0.39, 0.29) is 18.7 Å². The second-order valence-electron chi connectivity index (χ2n) is 2.39. The van der Waals surface area contributed by atoms with Crippen molar-refractivity contribution in [1.29, 1.82) is 0 Å². The minimum Gasteiger partial charge on any atom is -0.550 e. The van der Waals surface area contributed by atoms with E-state index in [9.17, 15) is 9.90 Å². The minimum absolute atomic E-state index is 0. The summed E-state index contributed by atoms with van der Waals surface area (Å²) in [6.07, 6.45) is 1.03. The molecule has 1 rings (SSSR count). The van der Waals surface area contributed by atoms with Crippen molar-refractivity contribution in [3.8, 4) is 0 Å². The summed E-state index contributed by atoms with van der Waals surface area (Å²) in [4.78, 5) is 10.1. The monoisotopic (exact) mass is 161 g/mol. The molecule has 6 N–H and O–H groups in total. The summed E-state index contributed by atoms with van der Waals surface area (Å²) < 4.78 is 0. The zero-order valence-electron chi connectivity index (χ0n) is 6.72. The third kappa shape index (κ3) is 3.92. The number of hydrogen-bond donors (Lipinski definition) is 3. The first kappa shape index (κ1) is 10.3. The van der Waals surface area contributed by atoms with Crippen molar-refractivity contribution in [3.63, 3.8) is 0 Å². The molecule has 1 fully saturated rings. The molecule has 1 saturated heterocycles. The standard InChI is InChI=1S/C6H12N2O2.H3N/c9-6(10)4-5-7-2-1-3-8-5;/h5,7-8H,1-4H2,(H,9,10);1H3. The van der Waals surface area contributed by atoms with Crippen LogP contribution < -0.4 is 21.9 Å². The van der Waals surface area contributed by atoms with Crippen LogP contribution in [-0.4, -0.2) is 25.2 Å². The van der Waals surface area contributed by atoms with Crippen LogP contribution in [0.3, 0.4) is 0 Å². The van der Waals surface area contributed by atoms with Crippen LogP contribution in [0.2, 0.25) is 0 Å². The van der Waals surface area contributed by atoms with E-state index in [0.717, 1.165) is 19.5 Å². The summed E-state index contributed by atoms with van der Waals surface area (Å²) in [6.45, 7) is 1.79. The van der Waals surface area contributed by atoms with Crippen molar-refractivity contribution >= 4 is 5.97 Å². The first-order valence-electron chi connectivity index (χ1n) is 3.45. The van der Waals surface area contributed by atoms with E-state index in [1.807, 2.05) is 0 Å². The molecule has 5 heteroatoms. The van der Waals surface area contributed by atoms with Crippen LogP contribution in [0.1, 0.15) is 12.8 Å². The molecule has 0 aromatic heterocycles. The molecule has 0 unspecified atom stereocenters. The van der Waals surface area contributed by atoms with E-state index in [0.29, 0.717) is 0 Å². The molecule has 0 radical (unpaired) electrons. The Labute approximate surface area is 65.7 Å². The Morgan fingerprint density at radius 1 is 1.45 bits per heavy atom. The van der Waals surface area contributed by atoms with E-state index in [1.54, 1.807) is 0 Å². The molecule has 0 bridgehead atoms. The lowest BCUT2D eigenvalue weighted by molar-refractivity contribution is -0.306. The average Bonchev–Trinajstić information content (AvgIpc) is 1.88. The van der Waals surface area contributed by atoms with Gasteiger partial charge in [0.1, 0.15) is 0 Å². The Morgan fingerprint density at radius 3 is 2.45 bits per heavy atom. The molecule has 1 heterocycles. The maximum atomic E-state index is 10.1. The highest BCUT2D eigenvalue weighted by molar-refractivity contribution is 5.64. The van der Waals surface area contributed by atoms with Gasteiger partial charge in [0.15, 0.2) is 0 Å². The van der Waals surface area contributed by atoms with Crippen LogP contribution in [0.4, 0.5) is 0 Å². The zero-order chi connectivity index (χ0) is 7.40. The molecule has 0 atom stereocenters. The molecule has 0 aromatic rings. The van der Waals surface area contributed by atoms with Gasteiger partial charge in [-0.2, -0.15) is 0 Å². The minimum atomic E-state index is -1.01. The number of nitrogens with one attached hydrogen (secondary N) is 2. The van der Waals surface area contributed by atoms with Crippen LogP contribution in [0.5, 0.6) is 0 Å². The van der Waals surface area contributed by atoms with Gasteiger partial charge in [-0.05, 0) is 19.5 Å². The van der Waals surface area contributed by atoms with Gasteiger partial charge in [0.25, 0.3) is 0 Å². The van der Waals surface area contributed by atoms with Gasteiger partial charge in [-0.15, -0.1) is 0 Å². The molecule has 0 saturated carbocycles. The third-order valence-corrected chi connectivity index (χ3v) is 1.51. The topological polar surface area (TPSA) is 101 Å². The van der Waals surface area contributed by atoms with Crippen molar-refractivity contribution in [3.05, 3.63) is 0 Å². The fraction of sp³-hybridized carbons (Fsp3) is 0.833. The SMILES string of the molecule is O=C([O-])CC1NCCCN1.[NH4+]. The van der Waals surface area contributed by atoms with E-state index in [2.05, 4.69) is 10.6 Å². The molecule has 0 aliphatic carbocycles. The number of rotatable bonds is 2. The van der Waals surface area contributed by atoms with E-state index in [4.69, 9.17) is 0 Å². The predicted octanol–water partition coefficient (Wildman–Crippen LogP) is -1.59. The predicted molar refractivity (Wildman–Crippen MR) is 40.0 cm³/mol. The van der Waals surface area contributed by atoms with Crippen molar-refractivity contribution in [2.75, 3.05) is 13.1 Å². The first-order chi connectivity index (χ1) is 4.79. The molecule has 1 aliphatic heterocycles. The molecule has 0 spiro atoms. The summed E-state index contributed by atoms with van der Waals surface area (Å²) in [7, 11) is 0. The van der Waals surface area contributed by atoms with Gasteiger partial charge in [-0.3, -0.25) is 0 Å². The molecular weight excluding hydrogens is 146 g/mol. The Hall–Kier alpha value is -0.650. The largest absolute Gasteiger partial charge is 0.550 e. The van der Waals surface area contributed by atoms with Gasteiger partial charge in [-0.1, -0.05) is 0 Å². The van der Waals surface area contributed by atoms with Crippen molar-refractivity contribution < 1.29 is 9.90 Å². The molecule has 0 aromatic carbocycles. The Kier molecular flexibility index (Phi) is 4.76. The normalized spacial score (nSPS) is 18.9. The quantitative estimate of drug-likeness (QED) is 0.454. The Balaban J connectivity index is 0.000001000. The van der Waals surface area contributed by atoms with E-state index < -0.39 is 5.97 Å². The number of carboxylic acid groups (broad SMARTS) is 1. The van der Waals surface area contributed by atoms with Crippen molar-refractivity contribution in [2.45, 2.75) is 19.0 Å².